The number of carbonyl (C=O) groups excluding carboxylic acids is 2. The molecular formula is C71H143NO8P+. The number of carbonyl (C=O) groups is 2. The molecule has 0 radical (unpaired) electrons. The van der Waals surface area contributed by atoms with E-state index in [1.807, 2.05) is 21.1 Å². The molecule has 0 bridgehead atoms. The number of unbranched alkanes of at least 4 members (excludes halogenated alkanes) is 55. The molecule has 484 valence electrons. The van der Waals surface area contributed by atoms with Gasteiger partial charge in [-0.1, -0.05) is 367 Å². The summed E-state index contributed by atoms with van der Waals surface area (Å²) in [7, 11) is 1.51. The third kappa shape index (κ3) is 68.0. The minimum absolute atomic E-state index is 0.0377. The van der Waals surface area contributed by atoms with Gasteiger partial charge in [0.2, 0.25) is 0 Å². The fourth-order valence-corrected chi connectivity index (χ4v) is 12.1. The Labute approximate surface area is 505 Å². The summed E-state index contributed by atoms with van der Waals surface area (Å²) in [6.45, 7) is 4.53. The number of quaternary nitrogens is 1. The van der Waals surface area contributed by atoms with E-state index in [1.54, 1.807) is 0 Å². The van der Waals surface area contributed by atoms with Gasteiger partial charge in [0, 0.05) is 12.8 Å². The summed E-state index contributed by atoms with van der Waals surface area (Å²) >= 11 is 0. The monoisotopic (exact) mass is 1170 g/mol. The zero-order chi connectivity index (χ0) is 59.1. The number of phosphoric ester groups is 1. The van der Waals surface area contributed by atoms with Gasteiger partial charge in [-0.05, 0) is 12.8 Å². The summed E-state index contributed by atoms with van der Waals surface area (Å²) in [5.74, 6) is -0.767. The number of likely N-dealkylation sites (N-methyl/N-ethyl adjacent to an activating group) is 1. The molecule has 0 fully saturated rings. The Morgan fingerprint density at radius 3 is 0.790 bits per heavy atom. The van der Waals surface area contributed by atoms with E-state index in [2.05, 4.69) is 13.8 Å². The number of ether oxygens (including phenoxy) is 2. The largest absolute Gasteiger partial charge is 0.472 e. The molecule has 0 aliphatic heterocycles. The molecule has 1 N–H and O–H groups in total. The van der Waals surface area contributed by atoms with Gasteiger partial charge in [-0.2, -0.15) is 0 Å². The van der Waals surface area contributed by atoms with Crippen molar-refractivity contribution in [2.75, 3.05) is 47.5 Å². The summed E-state index contributed by atoms with van der Waals surface area (Å²) in [6.07, 6.45) is 76.6. The molecule has 9 nitrogen and oxygen atoms in total. The van der Waals surface area contributed by atoms with Gasteiger partial charge < -0.3 is 18.9 Å². The summed E-state index contributed by atoms with van der Waals surface area (Å²) in [4.78, 5) is 35.9. The minimum Gasteiger partial charge on any atom is -0.462 e. The van der Waals surface area contributed by atoms with Crippen molar-refractivity contribution in [2.24, 2.45) is 0 Å². The first-order chi connectivity index (χ1) is 39.5. The number of hydrogen-bond donors (Lipinski definition) is 1. The molecule has 0 heterocycles. The lowest BCUT2D eigenvalue weighted by Crippen LogP contribution is -2.37. The van der Waals surface area contributed by atoms with Crippen LogP contribution in [0.2, 0.25) is 0 Å². The van der Waals surface area contributed by atoms with Gasteiger partial charge in [-0.25, -0.2) is 4.57 Å². The summed E-state index contributed by atoms with van der Waals surface area (Å²) in [5, 5.41) is 0. The standard InChI is InChI=1S/C71H142NO8P/c1-6-8-10-12-14-16-18-20-22-24-26-28-30-32-33-34-35-36-37-38-39-40-42-44-46-48-50-52-54-56-58-60-62-64-71(74)80-69(68-79-81(75,76)78-66-65-72(3,4)5)67-77-70(73)63-61-59-57-55-53-51-49-47-45-43-41-31-29-27-25-23-21-19-17-15-13-11-9-7-2/h69H,6-68H2,1-5H3/p+1. The molecule has 0 aliphatic carbocycles. The highest BCUT2D eigenvalue weighted by Crippen LogP contribution is 2.43. The van der Waals surface area contributed by atoms with E-state index < -0.39 is 26.5 Å². The number of nitrogens with zero attached hydrogens (tertiary/aromatic N) is 1. The van der Waals surface area contributed by atoms with Crippen molar-refractivity contribution in [3.05, 3.63) is 0 Å². The van der Waals surface area contributed by atoms with E-state index >= 15 is 0 Å². The van der Waals surface area contributed by atoms with Gasteiger partial charge >= 0.3 is 19.8 Å². The molecule has 2 unspecified atom stereocenters. The average Bonchev–Trinajstić information content (AvgIpc) is 3.43. The minimum atomic E-state index is -4.38. The van der Waals surface area contributed by atoms with Gasteiger partial charge in [-0.15, -0.1) is 0 Å². The van der Waals surface area contributed by atoms with Crippen LogP contribution < -0.4 is 0 Å². The van der Waals surface area contributed by atoms with Crippen molar-refractivity contribution in [1.82, 2.24) is 0 Å². The van der Waals surface area contributed by atoms with Crippen LogP contribution in [0.25, 0.3) is 0 Å². The molecule has 0 rings (SSSR count). The van der Waals surface area contributed by atoms with Crippen molar-refractivity contribution in [2.45, 2.75) is 399 Å². The van der Waals surface area contributed by atoms with Crippen LogP contribution in [0, 0.1) is 0 Å². The Morgan fingerprint density at radius 2 is 0.556 bits per heavy atom. The number of esters is 2. The van der Waals surface area contributed by atoms with Crippen LogP contribution in [0.15, 0.2) is 0 Å². The molecule has 0 amide bonds. The van der Waals surface area contributed by atoms with Crippen molar-refractivity contribution in [1.29, 1.82) is 0 Å². The fraction of sp³-hybridized carbons (Fsp3) is 0.972. The van der Waals surface area contributed by atoms with Gasteiger partial charge in [0.05, 0.1) is 27.7 Å². The van der Waals surface area contributed by atoms with Crippen LogP contribution in [0.1, 0.15) is 393 Å². The van der Waals surface area contributed by atoms with Crippen LogP contribution in [-0.4, -0.2) is 74.9 Å². The lowest BCUT2D eigenvalue weighted by atomic mass is 10.0. The Morgan fingerprint density at radius 1 is 0.333 bits per heavy atom. The maximum Gasteiger partial charge on any atom is 0.472 e. The molecule has 2 atom stereocenters. The van der Waals surface area contributed by atoms with E-state index in [0.717, 1.165) is 38.5 Å². The summed E-state index contributed by atoms with van der Waals surface area (Å²) in [5.41, 5.74) is 0. The quantitative estimate of drug-likeness (QED) is 0.0278. The highest BCUT2D eigenvalue weighted by Gasteiger charge is 2.27. The van der Waals surface area contributed by atoms with Crippen LogP contribution >= 0.6 is 7.82 Å². The summed E-state index contributed by atoms with van der Waals surface area (Å²) in [6, 6.07) is 0. The fourth-order valence-electron chi connectivity index (χ4n) is 11.3. The second-order valence-electron chi connectivity index (χ2n) is 26.4. The lowest BCUT2D eigenvalue weighted by Gasteiger charge is -2.24. The highest BCUT2D eigenvalue weighted by atomic mass is 31.2. The van der Waals surface area contributed by atoms with Gasteiger partial charge in [0.15, 0.2) is 6.10 Å². The van der Waals surface area contributed by atoms with Crippen LogP contribution in [-0.2, 0) is 32.7 Å². The first-order valence-corrected chi connectivity index (χ1v) is 37.8. The van der Waals surface area contributed by atoms with Crippen LogP contribution in [0.5, 0.6) is 0 Å². The van der Waals surface area contributed by atoms with E-state index in [-0.39, 0.29) is 25.6 Å². The zero-order valence-electron chi connectivity index (χ0n) is 55.3. The maximum atomic E-state index is 12.9. The summed E-state index contributed by atoms with van der Waals surface area (Å²) < 4.78 is 34.8. The normalized spacial score (nSPS) is 13.0. The van der Waals surface area contributed by atoms with Crippen molar-refractivity contribution in [3.63, 3.8) is 0 Å². The van der Waals surface area contributed by atoms with Crippen LogP contribution in [0.3, 0.4) is 0 Å². The highest BCUT2D eigenvalue weighted by molar-refractivity contribution is 7.47. The Balaban J connectivity index is 3.94. The SMILES string of the molecule is CCCCCCCCCCCCCCCCCCCCCCCCCCCCCCCCCCCC(=O)OC(COC(=O)CCCCCCCCCCCCCCCCCCCCCCCCCC)COP(=O)(O)OCC[N+](C)(C)C. The third-order valence-electron chi connectivity index (χ3n) is 16.9. The molecule has 0 aliphatic rings. The maximum absolute atomic E-state index is 12.9. The smallest absolute Gasteiger partial charge is 0.462 e. The predicted molar refractivity (Wildman–Crippen MR) is 349 cm³/mol. The second kappa shape index (κ2) is 63.5. The molecule has 10 heteroatoms. The number of rotatable bonds is 69. The van der Waals surface area contributed by atoms with Gasteiger partial charge in [-0.3, -0.25) is 18.6 Å². The zero-order valence-corrected chi connectivity index (χ0v) is 56.2. The second-order valence-corrected chi connectivity index (χ2v) is 27.8. The van der Waals surface area contributed by atoms with E-state index in [0.29, 0.717) is 17.4 Å². The first-order valence-electron chi connectivity index (χ1n) is 36.3. The Kier molecular flexibility index (Phi) is 62.7. The van der Waals surface area contributed by atoms with Crippen LogP contribution in [0.4, 0.5) is 0 Å². The van der Waals surface area contributed by atoms with E-state index in [1.165, 1.54) is 327 Å². The van der Waals surface area contributed by atoms with Gasteiger partial charge in [0.1, 0.15) is 19.8 Å². The molecule has 0 saturated carbocycles. The Hall–Kier alpha value is -0.990. The predicted octanol–water partition coefficient (Wildman–Crippen LogP) is 23.3. The molecule has 0 aromatic heterocycles. The first kappa shape index (κ1) is 80.0. The number of hydrogen-bond acceptors (Lipinski definition) is 7. The van der Waals surface area contributed by atoms with Gasteiger partial charge in [0.25, 0.3) is 0 Å². The molecule has 0 spiro atoms. The average molecular weight is 1170 g/mol. The Bertz CT molecular complexity index is 1330. The topological polar surface area (TPSA) is 108 Å². The third-order valence-corrected chi connectivity index (χ3v) is 17.9. The molecular weight excluding hydrogens is 1030 g/mol. The molecule has 81 heavy (non-hydrogen) atoms. The van der Waals surface area contributed by atoms with Crippen molar-refractivity contribution >= 4 is 19.8 Å². The molecule has 0 saturated heterocycles. The number of phosphoric acid groups is 1. The lowest BCUT2D eigenvalue weighted by molar-refractivity contribution is -0.870. The molecule has 0 aromatic rings. The van der Waals surface area contributed by atoms with E-state index in [9.17, 15) is 19.0 Å². The molecule has 0 aromatic carbocycles. The van der Waals surface area contributed by atoms with Crippen molar-refractivity contribution in [3.8, 4) is 0 Å². The van der Waals surface area contributed by atoms with E-state index in [4.69, 9.17) is 18.5 Å². The van der Waals surface area contributed by atoms with Crippen molar-refractivity contribution < 1.29 is 42.1 Å².